The zero-order chi connectivity index (χ0) is 33.3. The summed E-state index contributed by atoms with van der Waals surface area (Å²) < 4.78 is 6.07. The Kier molecular flexibility index (Phi) is 14.0. The van der Waals surface area contributed by atoms with Crippen LogP contribution in [-0.2, 0) is 25.6 Å². The SMILES string of the molecule is Cc1ccc2c(c1)C1=C([Si](C)(CCCCCCOC(C)(C)C)C3C4C=CC=CC4C4C=CC=CC43)c3ccccc3C1N2C.[CH3-].[CH3-].[Cl][Zr+2][Cl]. The Labute approximate surface area is 318 Å². The molecular weight excluding hydrogens is 737 g/mol. The number of anilines is 1. The van der Waals surface area contributed by atoms with Gasteiger partial charge in [0.05, 0.1) is 19.7 Å². The number of aryl methyl sites for hydroxylation is 1. The number of likely N-dealkylation sites (N-methyl/N-ethyl adjacent to an activating group) is 1. The molecule has 0 N–H and O–H groups in total. The average molecular weight is 794 g/mol. The third-order valence-corrected chi connectivity index (χ3v) is 16.7. The number of unbranched alkanes of at least 4 members (excludes halogenated alkanes) is 3. The third-order valence-electron chi connectivity index (χ3n) is 11.4. The molecule has 2 aromatic carbocycles. The fourth-order valence-electron chi connectivity index (χ4n) is 9.67. The molecule has 2 aromatic rings. The van der Waals surface area contributed by atoms with E-state index in [1.54, 1.807) is 16.3 Å². The molecule has 1 saturated carbocycles. The van der Waals surface area contributed by atoms with E-state index in [0.29, 0.717) is 35.3 Å². The van der Waals surface area contributed by atoms with Crippen molar-refractivity contribution in [3.8, 4) is 0 Å². The molecule has 6 heteroatoms. The van der Waals surface area contributed by atoms with Crippen LogP contribution in [0.25, 0.3) is 10.8 Å². The Balaban J connectivity index is 0.00000104. The predicted molar refractivity (Wildman–Crippen MR) is 215 cm³/mol. The minimum absolute atomic E-state index is 0. The van der Waals surface area contributed by atoms with Crippen LogP contribution >= 0.6 is 17.0 Å². The quantitative estimate of drug-likeness (QED) is 0.142. The molecule has 1 fully saturated rings. The molecule has 0 amide bonds. The summed E-state index contributed by atoms with van der Waals surface area (Å²) in [7, 11) is 10.1. The molecule has 0 bridgehead atoms. The molecule has 49 heavy (non-hydrogen) atoms. The van der Waals surface area contributed by atoms with Gasteiger partial charge >= 0.3 is 37.9 Å². The molecule has 0 spiro atoms. The van der Waals surface area contributed by atoms with Crippen molar-refractivity contribution in [1.29, 1.82) is 0 Å². The molecule has 262 valence electrons. The zero-order valence-electron chi connectivity index (χ0n) is 31.0. The van der Waals surface area contributed by atoms with Gasteiger partial charge in [-0.25, -0.2) is 0 Å². The summed E-state index contributed by atoms with van der Waals surface area (Å²) in [6.07, 6.45) is 24.7. The Bertz CT molecular complexity index is 1570. The van der Waals surface area contributed by atoms with Crippen molar-refractivity contribution in [2.24, 2.45) is 23.7 Å². The second-order valence-electron chi connectivity index (χ2n) is 15.4. The van der Waals surface area contributed by atoms with Gasteiger partial charge in [0, 0.05) is 24.9 Å². The Hall–Kier alpha value is -1.42. The molecule has 1 heterocycles. The number of allylic oxidation sites excluding steroid dienone is 8. The van der Waals surface area contributed by atoms with Crippen molar-refractivity contribution in [2.75, 3.05) is 18.6 Å². The zero-order valence-corrected chi connectivity index (χ0v) is 35.9. The first-order chi connectivity index (χ1) is 22.6. The average Bonchev–Trinajstić information content (AvgIpc) is 3.67. The van der Waals surface area contributed by atoms with Gasteiger partial charge in [-0.15, -0.1) is 0 Å². The van der Waals surface area contributed by atoms with Gasteiger partial charge in [0.25, 0.3) is 0 Å². The molecular formula is C43H57Cl2NOSiZr. The van der Waals surface area contributed by atoms with Crippen LogP contribution < -0.4 is 4.90 Å². The minimum atomic E-state index is -2.10. The Morgan fingerprint density at radius 2 is 1.37 bits per heavy atom. The Morgan fingerprint density at radius 3 is 1.98 bits per heavy atom. The topological polar surface area (TPSA) is 12.5 Å². The van der Waals surface area contributed by atoms with Gasteiger partial charge in [0.2, 0.25) is 0 Å². The van der Waals surface area contributed by atoms with E-state index in [0.717, 1.165) is 13.0 Å². The predicted octanol–water partition coefficient (Wildman–Crippen LogP) is 12.8. The molecule has 0 aromatic heterocycles. The van der Waals surface area contributed by atoms with Gasteiger partial charge in [-0.2, -0.15) is 0 Å². The summed E-state index contributed by atoms with van der Waals surface area (Å²) in [6.45, 7) is 12.4. The van der Waals surface area contributed by atoms with Gasteiger partial charge in [-0.05, 0) is 97.4 Å². The number of hydrogen-bond donors (Lipinski definition) is 0. The number of rotatable bonds is 9. The maximum atomic E-state index is 6.07. The number of halogens is 2. The number of nitrogens with zero attached hydrogens (tertiary/aromatic N) is 1. The van der Waals surface area contributed by atoms with Gasteiger partial charge in [0.15, 0.2) is 0 Å². The van der Waals surface area contributed by atoms with E-state index >= 15 is 0 Å². The number of benzene rings is 2. The van der Waals surface area contributed by atoms with Crippen LogP contribution in [-0.4, -0.2) is 27.3 Å². The molecule has 2 nitrogen and oxygen atoms in total. The molecule has 6 atom stereocenters. The van der Waals surface area contributed by atoms with Gasteiger partial charge < -0.3 is 24.5 Å². The van der Waals surface area contributed by atoms with Crippen LogP contribution in [0.2, 0.25) is 18.1 Å². The Morgan fingerprint density at radius 1 is 0.796 bits per heavy atom. The van der Waals surface area contributed by atoms with E-state index in [2.05, 4.69) is 137 Å². The molecule has 5 aliphatic rings. The fourth-order valence-corrected chi connectivity index (χ4v) is 15.7. The van der Waals surface area contributed by atoms with Crippen molar-refractivity contribution < 1.29 is 25.6 Å². The summed E-state index contributed by atoms with van der Waals surface area (Å²) >= 11 is -0.826. The van der Waals surface area contributed by atoms with E-state index in [1.165, 1.54) is 47.7 Å². The first-order valence-corrected chi connectivity index (χ1v) is 26.7. The van der Waals surface area contributed by atoms with Crippen molar-refractivity contribution in [3.63, 3.8) is 0 Å². The summed E-state index contributed by atoms with van der Waals surface area (Å²) in [6, 6.07) is 18.3. The number of fused-ring (bicyclic) bond motifs is 8. The van der Waals surface area contributed by atoms with Crippen LogP contribution in [0, 0.1) is 45.4 Å². The van der Waals surface area contributed by atoms with Crippen LogP contribution in [0.1, 0.15) is 74.8 Å². The van der Waals surface area contributed by atoms with Crippen LogP contribution in [0.5, 0.6) is 0 Å². The standard InChI is InChI=1S/C41H51NOSi.2CH3.2ClH.Zr/c1-28-23-24-36-35(27-28)37-38(42(36)5)31-19-11-14-22-34(31)40(37)44(6,26-16-8-7-15-25-43-41(2,3)4)39-32-20-12-9-17-29(32)30-18-10-13-21-33(30)39;;;;;/h9-14,17-24,27,29-30,32-33,38-39H,7-8,15-16,25-26H2,1-6H3;2*1H3;2*1H;/q;2*-1;;;+4/p-2. The summed E-state index contributed by atoms with van der Waals surface area (Å²) in [5.41, 5.74) is 9.62. The van der Waals surface area contributed by atoms with E-state index in [4.69, 9.17) is 21.8 Å². The maximum absolute atomic E-state index is 6.07. The summed E-state index contributed by atoms with van der Waals surface area (Å²) in [4.78, 5) is 2.58. The molecule has 1 aliphatic heterocycles. The normalized spacial score (nSPS) is 26.2. The van der Waals surface area contributed by atoms with Crippen molar-refractivity contribution >= 4 is 41.6 Å². The first-order valence-electron chi connectivity index (χ1n) is 17.6. The van der Waals surface area contributed by atoms with Gasteiger partial charge in [-0.1, -0.05) is 116 Å². The van der Waals surface area contributed by atoms with Crippen LogP contribution in [0.15, 0.2) is 91.1 Å². The van der Waals surface area contributed by atoms with Gasteiger partial charge in [-0.3, -0.25) is 0 Å². The van der Waals surface area contributed by atoms with Crippen molar-refractivity contribution in [3.05, 3.63) is 128 Å². The monoisotopic (exact) mass is 791 g/mol. The number of ether oxygens (including phenoxy) is 1. The molecule has 0 saturated heterocycles. The van der Waals surface area contributed by atoms with Crippen LogP contribution in [0.4, 0.5) is 5.69 Å². The van der Waals surface area contributed by atoms with Gasteiger partial charge in [0.1, 0.15) is 0 Å². The van der Waals surface area contributed by atoms with E-state index in [-0.39, 0.29) is 20.5 Å². The van der Waals surface area contributed by atoms with Crippen molar-refractivity contribution in [1.82, 2.24) is 0 Å². The van der Waals surface area contributed by atoms with E-state index < -0.39 is 28.9 Å². The van der Waals surface area contributed by atoms with Crippen LogP contribution in [0.3, 0.4) is 0 Å². The molecule has 4 aliphatic carbocycles. The van der Waals surface area contributed by atoms with E-state index in [1.807, 2.05) is 0 Å². The second-order valence-corrected chi connectivity index (χ2v) is 23.6. The first kappa shape index (κ1) is 40.4. The van der Waals surface area contributed by atoms with E-state index in [9.17, 15) is 0 Å². The second kappa shape index (κ2) is 16.9. The molecule has 7 rings (SSSR count). The summed E-state index contributed by atoms with van der Waals surface area (Å²) in [5.74, 6) is 2.43. The summed E-state index contributed by atoms with van der Waals surface area (Å²) in [5, 5.41) is 1.78. The third kappa shape index (κ3) is 7.85. The number of hydrogen-bond acceptors (Lipinski definition) is 2. The molecule has 6 unspecified atom stereocenters. The van der Waals surface area contributed by atoms with Crippen molar-refractivity contribution in [2.45, 2.75) is 83.2 Å². The molecule has 0 radical (unpaired) electrons. The fraction of sp³-hybridized carbons (Fsp3) is 0.442.